The molecule has 0 aliphatic rings. The van der Waals surface area contributed by atoms with Crippen molar-refractivity contribution < 1.29 is 4.79 Å². The van der Waals surface area contributed by atoms with E-state index >= 15 is 0 Å². The van der Waals surface area contributed by atoms with Gasteiger partial charge in [0.25, 0.3) is 5.91 Å². The van der Waals surface area contributed by atoms with Gasteiger partial charge in [0.2, 0.25) is 0 Å². The van der Waals surface area contributed by atoms with Crippen LogP contribution in [0, 0.1) is 0 Å². The molecule has 1 heterocycles. The summed E-state index contributed by atoms with van der Waals surface area (Å²) >= 11 is 0. The molecule has 116 valence electrons. The molecule has 22 heavy (non-hydrogen) atoms. The summed E-state index contributed by atoms with van der Waals surface area (Å²) in [5, 5.41) is 0. The molecule has 4 nitrogen and oxygen atoms in total. The average Bonchev–Trinajstić information content (AvgIpc) is 2.57. The van der Waals surface area contributed by atoms with Gasteiger partial charge < -0.3 is 9.80 Å². The van der Waals surface area contributed by atoms with Crippen molar-refractivity contribution in [3.05, 3.63) is 59.9 Å². The van der Waals surface area contributed by atoms with Gasteiger partial charge in [0.05, 0.1) is 11.9 Å². The predicted octanol–water partition coefficient (Wildman–Crippen LogP) is 3.20. The van der Waals surface area contributed by atoms with Crippen LogP contribution in [0.4, 0.5) is 5.69 Å². The van der Waals surface area contributed by atoms with Gasteiger partial charge in [-0.25, -0.2) is 4.98 Å². The zero-order valence-electron chi connectivity index (χ0n) is 13.5. The summed E-state index contributed by atoms with van der Waals surface area (Å²) in [6, 6.07) is 13.7. The van der Waals surface area contributed by atoms with Gasteiger partial charge >= 0.3 is 0 Å². The molecule has 0 atom stereocenters. The second kappa shape index (κ2) is 7.59. The van der Waals surface area contributed by atoms with Gasteiger partial charge in [0, 0.05) is 26.7 Å². The molecule has 0 N–H and O–H groups in total. The third-order valence-electron chi connectivity index (χ3n) is 3.70. The van der Waals surface area contributed by atoms with Crippen LogP contribution >= 0.6 is 0 Å². The third-order valence-corrected chi connectivity index (χ3v) is 3.70. The minimum Gasteiger partial charge on any atom is -0.371 e. The maximum absolute atomic E-state index is 12.4. The minimum absolute atomic E-state index is 0.0602. The van der Waals surface area contributed by atoms with Crippen LogP contribution in [0.2, 0.25) is 0 Å². The fourth-order valence-electron chi connectivity index (χ4n) is 2.41. The predicted molar refractivity (Wildman–Crippen MR) is 90.0 cm³/mol. The molecular weight excluding hydrogens is 274 g/mol. The standard InChI is InChI=1S/C18H23N3O/c1-4-21(5-2)16-11-12-17(19-13-16)18(22)20(3)14-15-9-7-6-8-10-15/h6-13H,4-5,14H2,1-3H3. The molecule has 0 radical (unpaired) electrons. The van der Waals surface area contributed by atoms with Gasteiger partial charge in [-0.1, -0.05) is 30.3 Å². The zero-order chi connectivity index (χ0) is 15.9. The first-order chi connectivity index (χ1) is 10.7. The van der Waals surface area contributed by atoms with E-state index in [4.69, 9.17) is 0 Å². The number of benzene rings is 1. The molecule has 2 aromatic rings. The van der Waals surface area contributed by atoms with Crippen LogP contribution in [-0.4, -0.2) is 35.9 Å². The van der Waals surface area contributed by atoms with Crippen LogP contribution in [-0.2, 0) is 6.54 Å². The number of carbonyl (C=O) groups is 1. The van der Waals surface area contributed by atoms with Gasteiger partial charge in [-0.05, 0) is 31.5 Å². The summed E-state index contributed by atoms with van der Waals surface area (Å²) in [6.45, 7) is 6.66. The van der Waals surface area contributed by atoms with Gasteiger partial charge in [0.15, 0.2) is 0 Å². The van der Waals surface area contributed by atoms with Crippen molar-refractivity contribution in [1.82, 2.24) is 9.88 Å². The first-order valence-corrected chi connectivity index (χ1v) is 7.66. The van der Waals surface area contributed by atoms with Gasteiger partial charge in [-0.3, -0.25) is 4.79 Å². The van der Waals surface area contributed by atoms with Crippen molar-refractivity contribution in [1.29, 1.82) is 0 Å². The first-order valence-electron chi connectivity index (χ1n) is 7.66. The maximum Gasteiger partial charge on any atom is 0.272 e. The molecule has 0 fully saturated rings. The highest BCUT2D eigenvalue weighted by molar-refractivity contribution is 5.92. The smallest absolute Gasteiger partial charge is 0.272 e. The Labute approximate surface area is 132 Å². The fraction of sp³-hybridized carbons (Fsp3) is 0.333. The number of carbonyl (C=O) groups excluding carboxylic acids is 1. The summed E-state index contributed by atoms with van der Waals surface area (Å²) in [6.07, 6.45) is 1.77. The Morgan fingerprint density at radius 1 is 1.05 bits per heavy atom. The molecule has 0 saturated heterocycles. The normalized spacial score (nSPS) is 10.3. The average molecular weight is 297 g/mol. The fourth-order valence-corrected chi connectivity index (χ4v) is 2.41. The number of aromatic nitrogens is 1. The first kappa shape index (κ1) is 16.0. The van der Waals surface area contributed by atoms with Crippen LogP contribution < -0.4 is 4.90 Å². The summed E-state index contributed by atoms with van der Waals surface area (Å²) in [5.74, 6) is -0.0602. The van der Waals surface area contributed by atoms with Gasteiger partial charge in [0.1, 0.15) is 5.69 Å². The Balaban J connectivity index is 2.06. The number of rotatable bonds is 6. The van der Waals surface area contributed by atoms with E-state index in [2.05, 4.69) is 23.7 Å². The zero-order valence-corrected chi connectivity index (χ0v) is 13.5. The van der Waals surface area contributed by atoms with E-state index in [-0.39, 0.29) is 5.91 Å². The summed E-state index contributed by atoms with van der Waals surface area (Å²) in [7, 11) is 1.80. The lowest BCUT2D eigenvalue weighted by Crippen LogP contribution is -2.27. The van der Waals surface area contributed by atoms with Gasteiger partial charge in [-0.2, -0.15) is 0 Å². The van der Waals surface area contributed by atoms with Crippen molar-refractivity contribution in [2.45, 2.75) is 20.4 Å². The largest absolute Gasteiger partial charge is 0.371 e. The third kappa shape index (κ3) is 3.85. The second-order valence-corrected chi connectivity index (χ2v) is 5.22. The van der Waals surface area contributed by atoms with Crippen LogP contribution in [0.25, 0.3) is 0 Å². The Kier molecular flexibility index (Phi) is 5.53. The SMILES string of the molecule is CCN(CC)c1ccc(C(=O)N(C)Cc2ccccc2)nc1. The van der Waals surface area contributed by atoms with E-state index in [9.17, 15) is 4.79 Å². The van der Waals surface area contributed by atoms with Crippen molar-refractivity contribution >= 4 is 11.6 Å². The minimum atomic E-state index is -0.0602. The number of hydrogen-bond acceptors (Lipinski definition) is 3. The maximum atomic E-state index is 12.4. The van der Waals surface area contributed by atoms with E-state index in [0.29, 0.717) is 12.2 Å². The van der Waals surface area contributed by atoms with E-state index in [1.54, 1.807) is 24.2 Å². The molecule has 0 aliphatic carbocycles. The van der Waals surface area contributed by atoms with Crippen LogP contribution in [0.3, 0.4) is 0 Å². The van der Waals surface area contributed by atoms with Crippen molar-refractivity contribution in [2.75, 3.05) is 25.0 Å². The second-order valence-electron chi connectivity index (χ2n) is 5.22. The Hall–Kier alpha value is -2.36. The molecule has 2 rings (SSSR count). The molecule has 0 bridgehead atoms. The molecule has 0 saturated carbocycles. The van der Waals surface area contributed by atoms with Crippen molar-refractivity contribution in [3.8, 4) is 0 Å². The quantitative estimate of drug-likeness (QED) is 0.821. The van der Waals surface area contributed by atoms with Crippen molar-refractivity contribution in [3.63, 3.8) is 0 Å². The topological polar surface area (TPSA) is 36.4 Å². The molecule has 1 aromatic carbocycles. The number of hydrogen-bond donors (Lipinski definition) is 0. The van der Waals surface area contributed by atoms with Crippen LogP contribution in [0.5, 0.6) is 0 Å². The van der Waals surface area contributed by atoms with Crippen LogP contribution in [0.1, 0.15) is 29.9 Å². The van der Waals surface area contributed by atoms with E-state index in [1.807, 2.05) is 36.4 Å². The number of amides is 1. The highest BCUT2D eigenvalue weighted by Gasteiger charge is 2.14. The molecule has 0 spiro atoms. The lowest BCUT2D eigenvalue weighted by molar-refractivity contribution is 0.0779. The molecular formula is C18H23N3O. The highest BCUT2D eigenvalue weighted by Crippen LogP contribution is 2.14. The summed E-state index contributed by atoms with van der Waals surface area (Å²) < 4.78 is 0. The molecule has 0 aliphatic heterocycles. The van der Waals surface area contributed by atoms with Crippen molar-refractivity contribution in [2.24, 2.45) is 0 Å². The Morgan fingerprint density at radius 3 is 2.27 bits per heavy atom. The van der Waals surface area contributed by atoms with E-state index in [0.717, 1.165) is 24.3 Å². The highest BCUT2D eigenvalue weighted by atomic mass is 16.2. The lowest BCUT2D eigenvalue weighted by atomic mass is 10.2. The summed E-state index contributed by atoms with van der Waals surface area (Å²) in [5.41, 5.74) is 2.64. The van der Waals surface area contributed by atoms with Gasteiger partial charge in [-0.15, -0.1) is 0 Å². The van der Waals surface area contributed by atoms with E-state index < -0.39 is 0 Å². The molecule has 4 heteroatoms. The monoisotopic (exact) mass is 297 g/mol. The lowest BCUT2D eigenvalue weighted by Gasteiger charge is -2.21. The number of anilines is 1. The summed E-state index contributed by atoms with van der Waals surface area (Å²) in [4.78, 5) is 20.6. The molecule has 0 unspecified atom stereocenters. The Morgan fingerprint density at radius 2 is 1.73 bits per heavy atom. The number of pyridine rings is 1. The Bertz CT molecular complexity index is 591. The molecule has 1 aromatic heterocycles. The van der Waals surface area contributed by atoms with E-state index in [1.165, 1.54) is 0 Å². The molecule has 1 amide bonds. The van der Waals surface area contributed by atoms with Crippen LogP contribution in [0.15, 0.2) is 48.7 Å². The number of nitrogens with zero attached hydrogens (tertiary/aromatic N) is 3.